The second kappa shape index (κ2) is 10.5. The molecule has 156 valence electrons. The van der Waals surface area contributed by atoms with Crippen molar-refractivity contribution in [3.05, 3.63) is 29.3 Å². The third-order valence-electron chi connectivity index (χ3n) is 3.86. The number of esters is 2. The lowest BCUT2D eigenvalue weighted by atomic mass is 9.93. The largest absolute Gasteiger partial charge is 0.497 e. The van der Waals surface area contributed by atoms with Gasteiger partial charge in [0.25, 0.3) is 0 Å². The highest BCUT2D eigenvalue weighted by atomic mass is 16.6. The van der Waals surface area contributed by atoms with E-state index in [2.05, 4.69) is 14.8 Å². The molecule has 2 rings (SSSR count). The number of nitrogens with one attached hydrogen (secondary N) is 1. The summed E-state index contributed by atoms with van der Waals surface area (Å²) >= 11 is 0. The number of alkyl carbamates (subject to hydrolysis) is 1. The van der Waals surface area contributed by atoms with Gasteiger partial charge in [0, 0.05) is 6.04 Å². The van der Waals surface area contributed by atoms with E-state index in [4.69, 9.17) is 9.47 Å². The highest BCUT2D eigenvalue weighted by Crippen LogP contribution is 2.20. The molecule has 1 amide bonds. The molecule has 1 aliphatic carbocycles. The van der Waals surface area contributed by atoms with E-state index < -0.39 is 11.9 Å². The molecule has 0 aromatic heterocycles. The molecule has 1 saturated carbocycles. The Hall–Kier alpha value is -2.77. The van der Waals surface area contributed by atoms with E-state index in [1.165, 1.54) is 39.9 Å². The number of benzene rings is 1. The second-order valence-corrected chi connectivity index (χ2v) is 7.17. The van der Waals surface area contributed by atoms with Gasteiger partial charge in [0.1, 0.15) is 11.4 Å². The van der Waals surface area contributed by atoms with Gasteiger partial charge in [-0.3, -0.25) is 0 Å². The number of ether oxygens (including phenoxy) is 4. The average molecular weight is 395 g/mol. The van der Waals surface area contributed by atoms with Crippen LogP contribution in [0.2, 0.25) is 0 Å². The Balaban J connectivity index is 0.000000292. The Morgan fingerprint density at radius 3 is 1.96 bits per heavy atom. The highest BCUT2D eigenvalue weighted by molar-refractivity contribution is 6.03. The Morgan fingerprint density at radius 1 is 0.964 bits per heavy atom. The average Bonchev–Trinajstić information content (AvgIpc) is 2.62. The number of hydrogen-bond donors (Lipinski definition) is 1. The zero-order chi connectivity index (χ0) is 21.3. The van der Waals surface area contributed by atoms with Gasteiger partial charge in [-0.05, 0) is 58.2 Å². The number of amides is 1. The number of carbonyl (C=O) groups is 3. The maximum absolute atomic E-state index is 11.4. The molecule has 1 N–H and O–H groups in total. The van der Waals surface area contributed by atoms with Crippen LogP contribution in [0.1, 0.15) is 60.7 Å². The first-order valence-electron chi connectivity index (χ1n) is 8.95. The van der Waals surface area contributed by atoms with Crippen molar-refractivity contribution in [2.75, 3.05) is 21.3 Å². The van der Waals surface area contributed by atoms with Gasteiger partial charge < -0.3 is 24.3 Å². The molecular formula is C20H29NO7. The third kappa shape index (κ3) is 7.46. The molecule has 8 nitrogen and oxygen atoms in total. The predicted molar refractivity (Wildman–Crippen MR) is 103 cm³/mol. The van der Waals surface area contributed by atoms with Crippen molar-refractivity contribution >= 4 is 18.0 Å². The van der Waals surface area contributed by atoms with Crippen molar-refractivity contribution in [2.24, 2.45) is 0 Å². The summed E-state index contributed by atoms with van der Waals surface area (Å²) in [6, 6.07) is 4.81. The van der Waals surface area contributed by atoms with Crippen LogP contribution in [-0.2, 0) is 14.2 Å². The molecule has 0 heterocycles. The molecule has 0 atom stereocenters. The summed E-state index contributed by atoms with van der Waals surface area (Å²) in [7, 11) is 3.95. The van der Waals surface area contributed by atoms with E-state index in [9.17, 15) is 14.4 Å². The molecule has 0 bridgehead atoms. The summed E-state index contributed by atoms with van der Waals surface area (Å²) in [6.45, 7) is 5.61. The lowest BCUT2D eigenvalue weighted by molar-refractivity contribution is 0.0478. The van der Waals surface area contributed by atoms with E-state index in [1.807, 2.05) is 20.8 Å². The van der Waals surface area contributed by atoms with Gasteiger partial charge in [0.15, 0.2) is 0 Å². The summed E-state index contributed by atoms with van der Waals surface area (Å²) in [5.41, 5.74) is -0.114. The number of methoxy groups -OCH3 is 3. The molecule has 1 aromatic rings. The minimum Gasteiger partial charge on any atom is -0.497 e. The summed E-state index contributed by atoms with van der Waals surface area (Å²) < 4.78 is 19.2. The van der Waals surface area contributed by atoms with Gasteiger partial charge in [0.05, 0.1) is 32.5 Å². The summed E-state index contributed by atoms with van der Waals surface area (Å²) in [6.07, 6.45) is 3.13. The van der Waals surface area contributed by atoms with E-state index in [0.29, 0.717) is 11.8 Å². The van der Waals surface area contributed by atoms with E-state index in [1.54, 1.807) is 6.07 Å². The van der Waals surface area contributed by atoms with Crippen LogP contribution in [0.15, 0.2) is 18.2 Å². The Labute approximate surface area is 165 Å². The first kappa shape index (κ1) is 23.3. The van der Waals surface area contributed by atoms with Crippen LogP contribution < -0.4 is 10.1 Å². The van der Waals surface area contributed by atoms with Crippen molar-refractivity contribution in [2.45, 2.75) is 51.7 Å². The molecule has 0 saturated heterocycles. The quantitative estimate of drug-likeness (QED) is 0.616. The van der Waals surface area contributed by atoms with Crippen LogP contribution in [0.3, 0.4) is 0 Å². The first-order chi connectivity index (χ1) is 13.1. The smallest absolute Gasteiger partial charge is 0.407 e. The molecular weight excluding hydrogens is 366 g/mol. The van der Waals surface area contributed by atoms with Crippen molar-refractivity contribution in [3.8, 4) is 5.75 Å². The summed E-state index contributed by atoms with van der Waals surface area (Å²) in [5.74, 6) is -0.740. The van der Waals surface area contributed by atoms with Crippen molar-refractivity contribution in [1.29, 1.82) is 0 Å². The number of hydrogen-bond acceptors (Lipinski definition) is 7. The number of carbonyl (C=O) groups excluding carboxylic acids is 3. The van der Waals surface area contributed by atoms with E-state index in [-0.39, 0.29) is 22.8 Å². The van der Waals surface area contributed by atoms with Gasteiger partial charge in [-0.2, -0.15) is 0 Å². The molecule has 0 unspecified atom stereocenters. The molecule has 1 aromatic carbocycles. The molecule has 0 radical (unpaired) electrons. The molecule has 0 spiro atoms. The second-order valence-electron chi connectivity index (χ2n) is 7.17. The van der Waals surface area contributed by atoms with Crippen molar-refractivity contribution < 1.29 is 33.3 Å². The third-order valence-corrected chi connectivity index (χ3v) is 3.86. The minimum absolute atomic E-state index is 0.119. The van der Waals surface area contributed by atoms with Gasteiger partial charge in [0.2, 0.25) is 0 Å². The molecule has 28 heavy (non-hydrogen) atoms. The monoisotopic (exact) mass is 395 g/mol. The molecule has 0 aliphatic heterocycles. The fraction of sp³-hybridized carbons (Fsp3) is 0.550. The van der Waals surface area contributed by atoms with E-state index >= 15 is 0 Å². The summed E-state index contributed by atoms with van der Waals surface area (Å²) in [4.78, 5) is 33.9. The zero-order valence-corrected chi connectivity index (χ0v) is 17.3. The van der Waals surface area contributed by atoms with Gasteiger partial charge >= 0.3 is 18.0 Å². The van der Waals surface area contributed by atoms with Gasteiger partial charge in [-0.1, -0.05) is 0 Å². The number of rotatable bonds is 4. The van der Waals surface area contributed by atoms with Crippen LogP contribution in [0, 0.1) is 0 Å². The molecule has 1 fully saturated rings. The zero-order valence-electron chi connectivity index (χ0n) is 17.3. The highest BCUT2D eigenvalue weighted by Gasteiger charge is 2.23. The Kier molecular flexibility index (Phi) is 8.76. The lowest BCUT2D eigenvalue weighted by Gasteiger charge is -2.28. The Morgan fingerprint density at radius 2 is 1.54 bits per heavy atom. The minimum atomic E-state index is -0.612. The standard InChI is InChI=1S/C11H12O5.C9H17NO2/c1-14-7-4-5-8(10(12)15-2)9(6-7)11(13)16-3;1-9(2,3)12-8(11)10-7-5-4-6-7/h4-6H,1-3H3;7H,4-6H2,1-3H3,(H,10,11). The van der Waals surface area contributed by atoms with Crippen LogP contribution in [0.5, 0.6) is 5.75 Å². The van der Waals surface area contributed by atoms with Crippen molar-refractivity contribution in [1.82, 2.24) is 5.32 Å². The maximum Gasteiger partial charge on any atom is 0.407 e. The fourth-order valence-electron chi connectivity index (χ4n) is 2.24. The van der Waals surface area contributed by atoms with Crippen LogP contribution >= 0.6 is 0 Å². The normalized spacial score (nSPS) is 13.2. The van der Waals surface area contributed by atoms with Crippen LogP contribution in [0.25, 0.3) is 0 Å². The lowest BCUT2D eigenvalue weighted by Crippen LogP contribution is -2.42. The molecule has 8 heteroatoms. The van der Waals surface area contributed by atoms with E-state index in [0.717, 1.165) is 12.8 Å². The summed E-state index contributed by atoms with van der Waals surface area (Å²) in [5, 5.41) is 2.81. The fourth-order valence-corrected chi connectivity index (χ4v) is 2.24. The van der Waals surface area contributed by atoms with Crippen molar-refractivity contribution in [3.63, 3.8) is 0 Å². The van der Waals surface area contributed by atoms with Gasteiger partial charge in [-0.15, -0.1) is 0 Å². The maximum atomic E-state index is 11.4. The van der Waals surface area contributed by atoms with Crippen LogP contribution in [-0.4, -0.2) is 51.0 Å². The topological polar surface area (TPSA) is 100 Å². The van der Waals surface area contributed by atoms with Crippen LogP contribution in [0.4, 0.5) is 4.79 Å². The molecule has 1 aliphatic rings. The SMILES string of the molecule is CC(C)(C)OC(=O)NC1CCC1.COC(=O)c1ccc(OC)cc1C(=O)OC. The van der Waals surface area contributed by atoms with Gasteiger partial charge in [-0.25, -0.2) is 14.4 Å². The Bertz CT molecular complexity index is 690. The predicted octanol–water partition coefficient (Wildman–Crippen LogP) is 3.33. The first-order valence-corrected chi connectivity index (χ1v) is 8.95.